The third kappa shape index (κ3) is 4.52. The van der Waals surface area contributed by atoms with E-state index in [0.717, 1.165) is 12.1 Å². The van der Waals surface area contributed by atoms with E-state index < -0.39 is 4.92 Å². The van der Waals surface area contributed by atoms with Gasteiger partial charge in [-0.25, -0.2) is 0 Å². The molecule has 1 N–H and O–H groups in total. The maximum absolute atomic E-state index is 12.6. The average Bonchev–Trinajstić information content (AvgIpc) is 3.10. The first-order valence-electron chi connectivity index (χ1n) is 7.72. The van der Waals surface area contributed by atoms with Gasteiger partial charge in [-0.2, -0.15) is 5.10 Å². The molecule has 0 bridgehead atoms. The number of carbonyl (C=O) groups excluding carboxylic acids is 1. The predicted octanol–water partition coefficient (Wildman–Crippen LogP) is 1.17. The van der Waals surface area contributed by atoms with Crippen LogP contribution in [0.3, 0.4) is 0 Å². The standard InChI is InChI=1S/C15H18N6O3.ClH/c22-15(3-6-19-11-13(9-18-19)21(23)24)20-7-5-17-10-14(20)12-2-1-4-16-8-12;/h1-2,4,8-9,11,14,17H,3,5-7,10H2;1H. The molecule has 134 valence electrons. The van der Waals surface area contributed by atoms with Crippen molar-refractivity contribution in [2.75, 3.05) is 19.6 Å². The number of nitrogens with one attached hydrogen (secondary N) is 1. The summed E-state index contributed by atoms with van der Waals surface area (Å²) in [5.41, 5.74) is 0.922. The van der Waals surface area contributed by atoms with Crippen LogP contribution < -0.4 is 5.32 Å². The SMILES string of the molecule is Cl.O=C(CCn1cc([N+](=O)[O-])cn1)N1CCNCC1c1cccnc1. The summed E-state index contributed by atoms with van der Waals surface area (Å²) in [7, 11) is 0. The number of aromatic nitrogens is 3. The summed E-state index contributed by atoms with van der Waals surface area (Å²) in [4.78, 5) is 28.7. The molecule has 1 fully saturated rings. The largest absolute Gasteiger partial charge is 0.333 e. The normalized spacial score (nSPS) is 17.0. The molecule has 25 heavy (non-hydrogen) atoms. The van der Waals surface area contributed by atoms with Crippen LogP contribution in [0.5, 0.6) is 0 Å². The Kier molecular flexibility index (Phi) is 6.43. The molecule has 1 saturated heterocycles. The van der Waals surface area contributed by atoms with Crippen molar-refractivity contribution in [3.05, 3.63) is 52.6 Å². The van der Waals surface area contributed by atoms with Crippen LogP contribution in [0.25, 0.3) is 0 Å². The van der Waals surface area contributed by atoms with Gasteiger partial charge in [-0.15, -0.1) is 12.4 Å². The Morgan fingerprint density at radius 2 is 2.28 bits per heavy atom. The van der Waals surface area contributed by atoms with Crippen molar-refractivity contribution < 1.29 is 9.72 Å². The van der Waals surface area contributed by atoms with Gasteiger partial charge < -0.3 is 10.2 Å². The highest BCUT2D eigenvalue weighted by atomic mass is 35.5. The van der Waals surface area contributed by atoms with Gasteiger partial charge in [0.25, 0.3) is 0 Å². The van der Waals surface area contributed by atoms with Gasteiger partial charge in [-0.05, 0) is 11.6 Å². The van der Waals surface area contributed by atoms with E-state index in [1.807, 2.05) is 17.0 Å². The van der Waals surface area contributed by atoms with Crippen LogP contribution in [0.4, 0.5) is 5.69 Å². The second kappa shape index (κ2) is 8.54. The molecule has 1 unspecified atom stereocenters. The maximum Gasteiger partial charge on any atom is 0.306 e. The summed E-state index contributed by atoms with van der Waals surface area (Å²) in [6.07, 6.45) is 6.25. The van der Waals surface area contributed by atoms with E-state index in [9.17, 15) is 14.9 Å². The number of rotatable bonds is 5. The van der Waals surface area contributed by atoms with E-state index in [-0.39, 0.29) is 36.5 Å². The van der Waals surface area contributed by atoms with Crippen molar-refractivity contribution in [2.45, 2.75) is 19.0 Å². The number of hydrogen-bond donors (Lipinski definition) is 1. The summed E-state index contributed by atoms with van der Waals surface area (Å²) in [5.74, 6) is 0.00325. The van der Waals surface area contributed by atoms with Crippen LogP contribution in [-0.4, -0.2) is 50.1 Å². The van der Waals surface area contributed by atoms with E-state index >= 15 is 0 Å². The molecular weight excluding hydrogens is 348 g/mol. The quantitative estimate of drug-likeness (QED) is 0.629. The minimum Gasteiger partial charge on any atom is -0.333 e. The number of carbonyl (C=O) groups is 1. The Labute approximate surface area is 150 Å². The van der Waals surface area contributed by atoms with Gasteiger partial charge >= 0.3 is 5.69 Å². The number of aryl methyl sites for hydroxylation is 1. The fraction of sp³-hybridized carbons (Fsp3) is 0.400. The lowest BCUT2D eigenvalue weighted by Gasteiger charge is -2.36. The van der Waals surface area contributed by atoms with Gasteiger partial charge in [0.2, 0.25) is 5.91 Å². The Morgan fingerprint density at radius 3 is 2.96 bits per heavy atom. The number of nitro groups is 1. The van der Waals surface area contributed by atoms with Gasteiger partial charge in [0.1, 0.15) is 12.4 Å². The highest BCUT2D eigenvalue weighted by Crippen LogP contribution is 2.22. The molecule has 1 aliphatic rings. The van der Waals surface area contributed by atoms with Crippen molar-refractivity contribution in [3.8, 4) is 0 Å². The number of nitrogens with zero attached hydrogens (tertiary/aromatic N) is 5. The molecule has 9 nitrogen and oxygen atoms in total. The molecule has 3 heterocycles. The van der Waals surface area contributed by atoms with Gasteiger partial charge in [0.05, 0.1) is 11.0 Å². The van der Waals surface area contributed by atoms with Crippen molar-refractivity contribution in [2.24, 2.45) is 0 Å². The lowest BCUT2D eigenvalue weighted by Crippen LogP contribution is -2.48. The molecule has 2 aromatic rings. The van der Waals surface area contributed by atoms with Crippen molar-refractivity contribution >= 4 is 24.0 Å². The van der Waals surface area contributed by atoms with Crippen LogP contribution in [0.1, 0.15) is 18.0 Å². The molecule has 10 heteroatoms. The third-order valence-corrected chi connectivity index (χ3v) is 4.02. The molecule has 1 aliphatic heterocycles. The van der Waals surface area contributed by atoms with Gasteiger partial charge in [-0.3, -0.25) is 24.6 Å². The Hall–Kier alpha value is -2.52. The van der Waals surface area contributed by atoms with E-state index in [1.165, 1.54) is 17.1 Å². The first kappa shape index (κ1) is 18.8. The number of piperazine rings is 1. The molecule has 0 aliphatic carbocycles. The highest BCUT2D eigenvalue weighted by Gasteiger charge is 2.27. The molecule has 0 radical (unpaired) electrons. The monoisotopic (exact) mass is 366 g/mol. The molecular formula is C15H19ClN6O3. The summed E-state index contributed by atoms with van der Waals surface area (Å²) < 4.78 is 1.43. The van der Waals surface area contributed by atoms with E-state index in [1.54, 1.807) is 12.4 Å². The van der Waals surface area contributed by atoms with E-state index in [4.69, 9.17) is 0 Å². The highest BCUT2D eigenvalue weighted by molar-refractivity contribution is 5.85. The van der Waals surface area contributed by atoms with Crippen LogP contribution in [0.2, 0.25) is 0 Å². The summed E-state index contributed by atoms with van der Waals surface area (Å²) in [5, 5.41) is 17.9. The lowest BCUT2D eigenvalue weighted by molar-refractivity contribution is -0.385. The molecule has 2 aromatic heterocycles. The second-order valence-corrected chi connectivity index (χ2v) is 5.56. The fourth-order valence-corrected chi connectivity index (χ4v) is 2.80. The minimum atomic E-state index is -0.500. The van der Waals surface area contributed by atoms with Crippen LogP contribution in [0, 0.1) is 10.1 Å². The van der Waals surface area contributed by atoms with E-state index in [2.05, 4.69) is 15.4 Å². The van der Waals surface area contributed by atoms with Gasteiger partial charge in [0.15, 0.2) is 0 Å². The Balaban J connectivity index is 0.00000225. The molecule has 1 atom stereocenters. The Bertz CT molecular complexity index is 723. The molecule has 0 aromatic carbocycles. The van der Waals surface area contributed by atoms with Crippen molar-refractivity contribution in [1.82, 2.24) is 25.0 Å². The number of halogens is 1. The van der Waals surface area contributed by atoms with Crippen LogP contribution in [0.15, 0.2) is 36.9 Å². The van der Waals surface area contributed by atoms with Crippen molar-refractivity contribution in [1.29, 1.82) is 0 Å². The van der Waals surface area contributed by atoms with Crippen molar-refractivity contribution in [3.63, 3.8) is 0 Å². The molecule has 0 spiro atoms. The topological polar surface area (TPSA) is 106 Å². The second-order valence-electron chi connectivity index (χ2n) is 5.56. The van der Waals surface area contributed by atoms with Gasteiger partial charge in [-0.1, -0.05) is 6.07 Å². The molecule has 0 saturated carbocycles. The van der Waals surface area contributed by atoms with E-state index in [0.29, 0.717) is 19.6 Å². The zero-order valence-corrected chi connectivity index (χ0v) is 14.3. The smallest absolute Gasteiger partial charge is 0.306 e. The zero-order valence-electron chi connectivity index (χ0n) is 13.4. The maximum atomic E-state index is 12.6. The number of amides is 1. The summed E-state index contributed by atoms with van der Waals surface area (Å²) in [6, 6.07) is 3.77. The van der Waals surface area contributed by atoms with Crippen LogP contribution >= 0.6 is 12.4 Å². The first-order valence-corrected chi connectivity index (χ1v) is 7.72. The minimum absolute atomic E-state index is 0. The lowest BCUT2D eigenvalue weighted by atomic mass is 10.0. The zero-order chi connectivity index (χ0) is 16.9. The predicted molar refractivity (Wildman–Crippen MR) is 92.3 cm³/mol. The number of pyridine rings is 1. The number of hydrogen-bond acceptors (Lipinski definition) is 6. The van der Waals surface area contributed by atoms with Crippen LogP contribution in [-0.2, 0) is 11.3 Å². The fourth-order valence-electron chi connectivity index (χ4n) is 2.80. The average molecular weight is 367 g/mol. The molecule has 1 amide bonds. The van der Waals surface area contributed by atoms with Gasteiger partial charge in [0, 0.05) is 45.0 Å². The summed E-state index contributed by atoms with van der Waals surface area (Å²) >= 11 is 0. The first-order chi connectivity index (χ1) is 11.6. The summed E-state index contributed by atoms with van der Waals surface area (Å²) in [6.45, 7) is 2.37. The molecule has 3 rings (SSSR count). The third-order valence-electron chi connectivity index (χ3n) is 4.02. The Morgan fingerprint density at radius 1 is 1.44 bits per heavy atom.